The summed E-state index contributed by atoms with van der Waals surface area (Å²) in [5, 5.41) is 0. The predicted molar refractivity (Wildman–Crippen MR) is 49.8 cm³/mol. The van der Waals surface area contributed by atoms with Crippen molar-refractivity contribution in [3.63, 3.8) is 0 Å². The first-order valence-electron chi connectivity index (χ1n) is 4.17. The van der Waals surface area contributed by atoms with E-state index in [0.29, 0.717) is 11.3 Å². The number of nitrogens with zero attached hydrogens (tertiary/aromatic N) is 1. The fourth-order valence-corrected chi connectivity index (χ4v) is 1.13. The van der Waals surface area contributed by atoms with Crippen LogP contribution in [0, 0.1) is 0 Å². The van der Waals surface area contributed by atoms with Crippen LogP contribution in [-0.4, -0.2) is 19.2 Å². The van der Waals surface area contributed by atoms with E-state index in [4.69, 9.17) is 4.74 Å². The van der Waals surface area contributed by atoms with Crippen molar-refractivity contribution in [1.82, 2.24) is 0 Å². The van der Waals surface area contributed by atoms with Crippen LogP contribution in [0.25, 0.3) is 0 Å². The van der Waals surface area contributed by atoms with Crippen LogP contribution in [0.1, 0.15) is 5.56 Å². The van der Waals surface area contributed by atoms with Crippen LogP contribution in [0.4, 0.5) is 8.78 Å². The molecule has 0 amide bonds. The van der Waals surface area contributed by atoms with E-state index in [1.54, 1.807) is 12.1 Å². The van der Waals surface area contributed by atoms with Gasteiger partial charge >= 0.3 is 6.05 Å². The fourth-order valence-electron chi connectivity index (χ4n) is 1.13. The Hall–Kier alpha value is -1.74. The Morgan fingerprint density at radius 1 is 1.53 bits per heavy atom. The monoisotopic (exact) mass is 213 g/mol. The predicted octanol–water partition coefficient (Wildman–Crippen LogP) is 2.17. The molecule has 0 radical (unpaired) electrons. The number of ether oxygens (including phenoxy) is 1. The van der Waals surface area contributed by atoms with E-state index in [-0.39, 0.29) is 0 Å². The van der Waals surface area contributed by atoms with Gasteiger partial charge in [-0.2, -0.15) is 8.78 Å². The molecule has 0 unspecified atom stereocenters. The number of hydrogen-bond acceptors (Lipinski definition) is 3. The first-order valence-corrected chi connectivity index (χ1v) is 4.17. The van der Waals surface area contributed by atoms with Crippen LogP contribution < -0.4 is 4.74 Å². The van der Waals surface area contributed by atoms with Gasteiger partial charge in [0.05, 0.1) is 13.5 Å². The molecule has 1 rings (SSSR count). The lowest BCUT2D eigenvalue weighted by molar-refractivity contribution is 0.0117. The summed E-state index contributed by atoms with van der Waals surface area (Å²) in [5.41, 5.74) is 0.346. The molecular weight excluding hydrogens is 204 g/mol. The zero-order chi connectivity index (χ0) is 11.3. The molecule has 0 bridgehead atoms. The van der Waals surface area contributed by atoms with E-state index in [0.717, 1.165) is 6.08 Å². The topological polar surface area (TPSA) is 38.7 Å². The summed E-state index contributed by atoms with van der Waals surface area (Å²) in [6.45, 7) is 0. The first-order chi connectivity index (χ1) is 7.07. The third kappa shape index (κ3) is 3.48. The molecule has 0 aromatic heterocycles. The Bertz CT molecular complexity index is 387. The number of hydrogen-bond donors (Lipinski definition) is 0. The molecule has 15 heavy (non-hydrogen) atoms. The Kier molecular flexibility index (Phi) is 3.52. The molecule has 0 fully saturated rings. The van der Waals surface area contributed by atoms with E-state index >= 15 is 0 Å². The maximum Gasteiger partial charge on any atom is 0.355 e. The lowest BCUT2D eigenvalue weighted by atomic mass is 10.1. The molecular formula is C10H9F2NO2. The van der Waals surface area contributed by atoms with Crippen molar-refractivity contribution in [3.05, 3.63) is 29.8 Å². The molecule has 5 heteroatoms. The van der Waals surface area contributed by atoms with Crippen molar-refractivity contribution >= 4 is 6.08 Å². The van der Waals surface area contributed by atoms with Crippen LogP contribution >= 0.6 is 0 Å². The van der Waals surface area contributed by atoms with Gasteiger partial charge in [0.2, 0.25) is 6.08 Å². The minimum atomic E-state index is -3.41. The molecule has 0 N–H and O–H groups in total. The highest BCUT2D eigenvalue weighted by molar-refractivity contribution is 5.34. The Morgan fingerprint density at radius 3 is 2.87 bits per heavy atom. The summed E-state index contributed by atoms with van der Waals surface area (Å²) in [4.78, 5) is 12.2. The quantitative estimate of drug-likeness (QED) is 0.436. The molecule has 0 aliphatic rings. The largest absolute Gasteiger partial charge is 0.497 e. The second-order valence-corrected chi connectivity index (χ2v) is 2.90. The molecule has 0 saturated carbocycles. The maximum absolute atomic E-state index is 12.9. The second-order valence-electron chi connectivity index (χ2n) is 2.90. The van der Waals surface area contributed by atoms with Crippen LogP contribution in [0.3, 0.4) is 0 Å². The Balaban J connectivity index is 2.84. The smallest absolute Gasteiger partial charge is 0.355 e. The van der Waals surface area contributed by atoms with E-state index in [1.165, 1.54) is 19.2 Å². The highest BCUT2D eigenvalue weighted by Gasteiger charge is 2.28. The van der Waals surface area contributed by atoms with Crippen molar-refractivity contribution in [2.24, 2.45) is 4.99 Å². The average molecular weight is 213 g/mol. The normalized spacial score (nSPS) is 10.6. The molecule has 1 aromatic rings. The average Bonchev–Trinajstić information content (AvgIpc) is 2.17. The molecule has 0 heterocycles. The van der Waals surface area contributed by atoms with Crippen LogP contribution in [0.5, 0.6) is 5.75 Å². The molecule has 0 atom stereocenters. The standard InChI is InChI=1S/C10H9F2NO2/c1-15-9-4-2-3-8(5-9)6-10(11,12)13-7-14/h2-5H,6H2,1H3. The van der Waals surface area contributed by atoms with Crippen LogP contribution in [0.2, 0.25) is 0 Å². The zero-order valence-electron chi connectivity index (χ0n) is 8.04. The number of aliphatic imine (C=N–C) groups is 1. The lowest BCUT2D eigenvalue weighted by Gasteiger charge is -2.09. The van der Waals surface area contributed by atoms with Gasteiger partial charge in [-0.25, -0.2) is 4.79 Å². The van der Waals surface area contributed by atoms with Gasteiger partial charge in [0.25, 0.3) is 0 Å². The number of methoxy groups -OCH3 is 1. The molecule has 3 nitrogen and oxygen atoms in total. The van der Waals surface area contributed by atoms with E-state index in [9.17, 15) is 13.6 Å². The lowest BCUT2D eigenvalue weighted by Crippen LogP contribution is -2.15. The van der Waals surface area contributed by atoms with E-state index in [2.05, 4.69) is 4.99 Å². The summed E-state index contributed by atoms with van der Waals surface area (Å²) < 4.78 is 30.6. The molecule has 0 spiro atoms. The number of carbonyl (C=O) groups excluding carboxylic acids is 1. The Labute approximate surface area is 85.4 Å². The summed E-state index contributed by atoms with van der Waals surface area (Å²) in [6, 6.07) is 2.80. The number of isocyanates is 1. The summed E-state index contributed by atoms with van der Waals surface area (Å²) in [6.07, 6.45) is 0.211. The summed E-state index contributed by atoms with van der Waals surface area (Å²) in [5.74, 6) is 0.485. The van der Waals surface area contributed by atoms with Gasteiger partial charge in [0.1, 0.15) is 5.75 Å². The van der Waals surface area contributed by atoms with Gasteiger partial charge < -0.3 is 4.74 Å². The van der Waals surface area contributed by atoms with Crippen molar-refractivity contribution in [3.8, 4) is 5.75 Å². The fraction of sp³-hybridized carbons (Fsp3) is 0.300. The molecule has 0 saturated heterocycles. The zero-order valence-corrected chi connectivity index (χ0v) is 8.04. The SMILES string of the molecule is COc1cccc(CC(F)(F)N=C=O)c1. The van der Waals surface area contributed by atoms with Gasteiger partial charge in [-0.15, -0.1) is 4.99 Å². The molecule has 0 aliphatic heterocycles. The number of halogens is 2. The molecule has 0 aliphatic carbocycles. The summed E-state index contributed by atoms with van der Waals surface area (Å²) >= 11 is 0. The highest BCUT2D eigenvalue weighted by Crippen LogP contribution is 2.23. The first kappa shape index (κ1) is 11.3. The second kappa shape index (κ2) is 4.66. The molecule has 1 aromatic carbocycles. The minimum Gasteiger partial charge on any atom is -0.497 e. The minimum absolute atomic E-state index is 0.346. The maximum atomic E-state index is 12.9. The third-order valence-corrected chi connectivity index (χ3v) is 1.76. The number of benzene rings is 1. The number of rotatable bonds is 4. The van der Waals surface area contributed by atoms with Gasteiger partial charge in [-0.1, -0.05) is 12.1 Å². The van der Waals surface area contributed by atoms with Crippen molar-refractivity contribution in [2.75, 3.05) is 7.11 Å². The Morgan fingerprint density at radius 2 is 2.27 bits per heavy atom. The summed E-state index contributed by atoms with van der Waals surface area (Å²) in [7, 11) is 1.45. The third-order valence-electron chi connectivity index (χ3n) is 1.76. The van der Waals surface area contributed by atoms with E-state index < -0.39 is 12.5 Å². The molecule has 80 valence electrons. The van der Waals surface area contributed by atoms with Crippen LogP contribution in [-0.2, 0) is 11.2 Å². The van der Waals surface area contributed by atoms with Gasteiger partial charge in [0.15, 0.2) is 0 Å². The number of alkyl halides is 2. The van der Waals surface area contributed by atoms with Gasteiger partial charge in [-0.05, 0) is 17.7 Å². The van der Waals surface area contributed by atoms with Crippen molar-refractivity contribution in [1.29, 1.82) is 0 Å². The van der Waals surface area contributed by atoms with Gasteiger partial charge in [0, 0.05) is 0 Å². The van der Waals surface area contributed by atoms with Crippen molar-refractivity contribution in [2.45, 2.75) is 12.5 Å². The highest BCUT2D eigenvalue weighted by atomic mass is 19.3. The van der Waals surface area contributed by atoms with Gasteiger partial charge in [-0.3, -0.25) is 0 Å². The van der Waals surface area contributed by atoms with Crippen LogP contribution in [0.15, 0.2) is 29.3 Å². The van der Waals surface area contributed by atoms with E-state index in [1.807, 2.05) is 0 Å². The van der Waals surface area contributed by atoms with Crippen molar-refractivity contribution < 1.29 is 18.3 Å².